The number of halogens is 4. The molecule has 0 bridgehead atoms. The van der Waals surface area contributed by atoms with Gasteiger partial charge in [0.05, 0.1) is 0 Å². The number of aryl methyl sites for hydroxylation is 1. The van der Waals surface area contributed by atoms with Crippen LogP contribution in [0, 0.1) is 12.7 Å². The first-order valence-corrected chi connectivity index (χ1v) is 8.87. The maximum absolute atomic E-state index is 13.2. The lowest BCUT2D eigenvalue weighted by Crippen LogP contribution is -2.10. The van der Waals surface area contributed by atoms with E-state index >= 15 is 0 Å². The van der Waals surface area contributed by atoms with E-state index in [4.69, 9.17) is 4.74 Å². The van der Waals surface area contributed by atoms with Gasteiger partial charge in [-0.3, -0.25) is 0 Å². The fraction of sp³-hybridized carbons (Fsp3) is 0.158. The number of thioether (sulfide) groups is 1. The lowest BCUT2D eigenvalue weighted by molar-refractivity contribution is -0.141. The van der Waals surface area contributed by atoms with Crippen LogP contribution in [0.5, 0.6) is 11.6 Å². The highest BCUT2D eigenvalue weighted by atomic mass is 32.2. The zero-order valence-corrected chi connectivity index (χ0v) is 14.9. The molecule has 3 nitrogen and oxygen atoms in total. The summed E-state index contributed by atoms with van der Waals surface area (Å²) in [5.74, 6) is 0.0171. The first-order chi connectivity index (χ1) is 12.8. The van der Waals surface area contributed by atoms with Crippen molar-refractivity contribution in [3.63, 3.8) is 0 Å². The summed E-state index contributed by atoms with van der Waals surface area (Å²) in [5.41, 5.74) is 0.281. The minimum absolute atomic E-state index is 0.0994. The van der Waals surface area contributed by atoms with E-state index in [0.29, 0.717) is 11.3 Å². The van der Waals surface area contributed by atoms with Crippen molar-refractivity contribution in [2.45, 2.75) is 24.0 Å². The van der Waals surface area contributed by atoms with Gasteiger partial charge in [-0.15, -0.1) is 0 Å². The fourth-order valence-electron chi connectivity index (χ4n) is 2.22. The minimum Gasteiger partial charge on any atom is -0.439 e. The van der Waals surface area contributed by atoms with Gasteiger partial charge >= 0.3 is 6.18 Å². The van der Waals surface area contributed by atoms with Crippen LogP contribution in [0.4, 0.5) is 17.6 Å². The fourth-order valence-corrected chi connectivity index (χ4v) is 3.02. The number of hydrogen-bond acceptors (Lipinski definition) is 4. The maximum Gasteiger partial charge on any atom is 0.433 e. The molecule has 0 amide bonds. The summed E-state index contributed by atoms with van der Waals surface area (Å²) in [7, 11) is 0. The summed E-state index contributed by atoms with van der Waals surface area (Å²) in [6.07, 6.45) is -4.64. The molecule has 0 radical (unpaired) electrons. The standard InChI is InChI=1S/C19H14F4N2OS/c1-12-5-2-3-8-15(12)26-17-10-16(19(21,22)23)24-18(25-17)27-11-13-6-4-7-14(20)9-13/h2-10H,11H2,1H3. The van der Waals surface area contributed by atoms with E-state index in [1.807, 2.05) is 0 Å². The third-order valence-corrected chi connectivity index (χ3v) is 4.46. The van der Waals surface area contributed by atoms with Crippen LogP contribution in [-0.4, -0.2) is 9.97 Å². The van der Waals surface area contributed by atoms with E-state index in [1.165, 1.54) is 18.2 Å². The zero-order valence-electron chi connectivity index (χ0n) is 14.1. The normalized spacial score (nSPS) is 11.4. The Bertz CT molecular complexity index is 947. The Morgan fingerprint density at radius 3 is 2.48 bits per heavy atom. The van der Waals surface area contributed by atoms with E-state index in [9.17, 15) is 17.6 Å². The molecule has 0 atom stereocenters. The van der Waals surface area contributed by atoms with Gasteiger partial charge in [0.15, 0.2) is 10.9 Å². The van der Waals surface area contributed by atoms with Crippen molar-refractivity contribution in [2.75, 3.05) is 0 Å². The molecule has 0 aliphatic heterocycles. The molecule has 1 heterocycles. The Morgan fingerprint density at radius 1 is 1.00 bits per heavy atom. The van der Waals surface area contributed by atoms with Gasteiger partial charge in [-0.1, -0.05) is 42.1 Å². The average molecular weight is 394 g/mol. The number of nitrogens with zero attached hydrogens (tertiary/aromatic N) is 2. The maximum atomic E-state index is 13.2. The molecule has 140 valence electrons. The Kier molecular flexibility index (Phi) is 5.65. The number of alkyl halides is 3. The van der Waals surface area contributed by atoms with Gasteiger partial charge in [0.1, 0.15) is 11.6 Å². The van der Waals surface area contributed by atoms with Crippen molar-refractivity contribution in [3.8, 4) is 11.6 Å². The van der Waals surface area contributed by atoms with Crippen LogP contribution < -0.4 is 4.74 Å². The van der Waals surface area contributed by atoms with Gasteiger partial charge < -0.3 is 4.74 Å². The third kappa shape index (κ3) is 5.19. The van der Waals surface area contributed by atoms with Gasteiger partial charge in [0.2, 0.25) is 5.88 Å². The first kappa shape index (κ1) is 19.2. The monoisotopic (exact) mass is 394 g/mol. The number of rotatable bonds is 5. The molecule has 0 saturated heterocycles. The lowest BCUT2D eigenvalue weighted by atomic mass is 10.2. The molecule has 3 rings (SSSR count). The molecular formula is C19H14F4N2OS. The van der Waals surface area contributed by atoms with Crippen LogP contribution in [0.3, 0.4) is 0 Å². The molecular weight excluding hydrogens is 380 g/mol. The molecule has 8 heteroatoms. The molecule has 2 aromatic carbocycles. The molecule has 0 aliphatic carbocycles. The molecule has 0 unspecified atom stereocenters. The van der Waals surface area contributed by atoms with Crippen molar-refractivity contribution in [3.05, 3.63) is 77.2 Å². The van der Waals surface area contributed by atoms with Gasteiger partial charge in [-0.05, 0) is 36.2 Å². The van der Waals surface area contributed by atoms with Crippen LogP contribution in [0.1, 0.15) is 16.8 Å². The lowest BCUT2D eigenvalue weighted by Gasteiger charge is -2.12. The SMILES string of the molecule is Cc1ccccc1Oc1cc(C(F)(F)F)nc(SCc2cccc(F)c2)n1. The summed E-state index contributed by atoms with van der Waals surface area (Å²) in [6, 6.07) is 13.5. The van der Waals surface area contributed by atoms with Crippen molar-refractivity contribution in [1.82, 2.24) is 9.97 Å². The van der Waals surface area contributed by atoms with Crippen LogP contribution in [0.15, 0.2) is 59.8 Å². The topological polar surface area (TPSA) is 35.0 Å². The van der Waals surface area contributed by atoms with Gasteiger partial charge in [-0.25, -0.2) is 9.37 Å². The van der Waals surface area contributed by atoms with Crippen molar-refractivity contribution >= 4 is 11.8 Å². The van der Waals surface area contributed by atoms with Gasteiger partial charge in [0, 0.05) is 11.8 Å². The summed E-state index contributed by atoms with van der Waals surface area (Å²) in [6.45, 7) is 1.78. The van der Waals surface area contributed by atoms with Crippen molar-refractivity contribution in [2.24, 2.45) is 0 Å². The zero-order chi connectivity index (χ0) is 19.4. The molecule has 27 heavy (non-hydrogen) atoms. The summed E-state index contributed by atoms with van der Waals surface area (Å²) >= 11 is 0.973. The van der Waals surface area contributed by atoms with Gasteiger partial charge in [0.25, 0.3) is 0 Å². The highest BCUT2D eigenvalue weighted by Crippen LogP contribution is 2.33. The smallest absolute Gasteiger partial charge is 0.433 e. The second kappa shape index (κ2) is 7.96. The molecule has 0 fully saturated rings. The predicted molar refractivity (Wildman–Crippen MR) is 94.2 cm³/mol. The van der Waals surface area contributed by atoms with E-state index in [-0.39, 0.29) is 16.8 Å². The van der Waals surface area contributed by atoms with E-state index in [1.54, 1.807) is 37.3 Å². The quantitative estimate of drug-likeness (QED) is 0.301. The van der Waals surface area contributed by atoms with Gasteiger partial charge in [-0.2, -0.15) is 18.2 Å². The van der Waals surface area contributed by atoms with Crippen LogP contribution in [0.25, 0.3) is 0 Å². The minimum atomic E-state index is -4.64. The summed E-state index contributed by atoms with van der Waals surface area (Å²) < 4.78 is 58.3. The van der Waals surface area contributed by atoms with Crippen molar-refractivity contribution < 1.29 is 22.3 Å². The summed E-state index contributed by atoms with van der Waals surface area (Å²) in [5, 5.41) is -0.0994. The largest absolute Gasteiger partial charge is 0.439 e. The Morgan fingerprint density at radius 2 is 1.78 bits per heavy atom. The third-order valence-electron chi connectivity index (χ3n) is 3.54. The van der Waals surface area contributed by atoms with Crippen LogP contribution in [0.2, 0.25) is 0 Å². The molecule has 0 saturated carbocycles. The number of para-hydroxylation sites is 1. The number of aromatic nitrogens is 2. The molecule has 3 aromatic rings. The highest BCUT2D eigenvalue weighted by Gasteiger charge is 2.34. The van der Waals surface area contributed by atoms with Crippen molar-refractivity contribution in [1.29, 1.82) is 0 Å². The Balaban J connectivity index is 1.87. The first-order valence-electron chi connectivity index (χ1n) is 7.88. The molecule has 0 N–H and O–H groups in total. The van der Waals surface area contributed by atoms with E-state index < -0.39 is 17.7 Å². The molecule has 1 aromatic heterocycles. The second-order valence-electron chi connectivity index (χ2n) is 5.66. The second-order valence-corrected chi connectivity index (χ2v) is 6.60. The Labute approximate surface area is 157 Å². The predicted octanol–water partition coefficient (Wildman–Crippen LogP) is 6.03. The molecule has 0 aliphatic rings. The Hall–Kier alpha value is -2.61. The number of benzene rings is 2. The number of ether oxygens (including phenoxy) is 1. The molecule has 0 spiro atoms. The van der Waals surface area contributed by atoms with E-state index in [2.05, 4.69) is 9.97 Å². The van der Waals surface area contributed by atoms with E-state index in [0.717, 1.165) is 23.4 Å². The summed E-state index contributed by atoms with van der Waals surface area (Å²) in [4.78, 5) is 7.62. The van der Waals surface area contributed by atoms with Crippen LogP contribution in [-0.2, 0) is 11.9 Å². The van der Waals surface area contributed by atoms with Crippen LogP contribution >= 0.6 is 11.8 Å². The number of hydrogen-bond donors (Lipinski definition) is 0. The average Bonchev–Trinajstić information content (AvgIpc) is 2.61. The highest BCUT2D eigenvalue weighted by molar-refractivity contribution is 7.98.